The van der Waals surface area contributed by atoms with Crippen LogP contribution in [0.1, 0.15) is 34.3 Å². The molecule has 26 heavy (non-hydrogen) atoms. The Morgan fingerprint density at radius 1 is 1.08 bits per heavy atom. The second kappa shape index (κ2) is 7.30. The SMILES string of the molecule is O=C1CCCN1Cc1cccc(C(=O)N2CCNCc3ccccc32)c1. The molecule has 5 heteroatoms. The maximum atomic E-state index is 13.2. The number of nitrogens with one attached hydrogen (secondary N) is 1. The lowest BCUT2D eigenvalue weighted by Gasteiger charge is -2.23. The molecule has 2 aromatic rings. The number of carbonyl (C=O) groups excluding carboxylic acids is 2. The fourth-order valence-corrected chi connectivity index (χ4v) is 3.72. The molecular formula is C21H23N3O2. The van der Waals surface area contributed by atoms with Gasteiger partial charge in [-0.05, 0) is 35.7 Å². The molecule has 2 amide bonds. The summed E-state index contributed by atoms with van der Waals surface area (Å²) in [6, 6.07) is 15.7. The molecule has 0 aliphatic carbocycles. The van der Waals surface area contributed by atoms with Gasteiger partial charge in [-0.3, -0.25) is 9.59 Å². The van der Waals surface area contributed by atoms with Crippen molar-refractivity contribution in [2.24, 2.45) is 0 Å². The third-order valence-electron chi connectivity index (χ3n) is 5.07. The second-order valence-corrected chi connectivity index (χ2v) is 6.88. The van der Waals surface area contributed by atoms with Gasteiger partial charge in [0.1, 0.15) is 0 Å². The summed E-state index contributed by atoms with van der Waals surface area (Å²) < 4.78 is 0. The Labute approximate surface area is 153 Å². The highest BCUT2D eigenvalue weighted by Crippen LogP contribution is 2.24. The summed E-state index contributed by atoms with van der Waals surface area (Å²) in [6.07, 6.45) is 1.56. The van der Waals surface area contributed by atoms with Crippen molar-refractivity contribution >= 4 is 17.5 Å². The number of para-hydroxylation sites is 1. The van der Waals surface area contributed by atoms with Crippen molar-refractivity contribution in [1.29, 1.82) is 0 Å². The van der Waals surface area contributed by atoms with Crippen LogP contribution < -0.4 is 10.2 Å². The Hall–Kier alpha value is -2.66. The van der Waals surface area contributed by atoms with Gasteiger partial charge in [-0.1, -0.05) is 30.3 Å². The Balaban J connectivity index is 1.58. The molecule has 2 aliphatic heterocycles. The molecule has 4 rings (SSSR count). The van der Waals surface area contributed by atoms with E-state index in [2.05, 4.69) is 11.4 Å². The molecule has 0 unspecified atom stereocenters. The van der Waals surface area contributed by atoms with Crippen molar-refractivity contribution in [2.45, 2.75) is 25.9 Å². The molecular weight excluding hydrogens is 326 g/mol. The molecule has 1 saturated heterocycles. The highest BCUT2D eigenvalue weighted by Gasteiger charge is 2.23. The summed E-state index contributed by atoms with van der Waals surface area (Å²) in [5.41, 5.74) is 3.79. The highest BCUT2D eigenvalue weighted by molar-refractivity contribution is 6.06. The van der Waals surface area contributed by atoms with E-state index in [4.69, 9.17) is 0 Å². The van der Waals surface area contributed by atoms with Gasteiger partial charge >= 0.3 is 0 Å². The smallest absolute Gasteiger partial charge is 0.258 e. The summed E-state index contributed by atoms with van der Waals surface area (Å²) in [5, 5.41) is 3.37. The minimum atomic E-state index is 0.00995. The second-order valence-electron chi connectivity index (χ2n) is 6.88. The van der Waals surface area contributed by atoms with E-state index in [0.717, 1.165) is 42.9 Å². The third kappa shape index (κ3) is 3.35. The number of nitrogens with zero attached hydrogens (tertiary/aromatic N) is 2. The predicted octanol–water partition coefficient (Wildman–Crippen LogP) is 2.56. The summed E-state index contributed by atoms with van der Waals surface area (Å²) in [6.45, 7) is 3.57. The van der Waals surface area contributed by atoms with E-state index in [9.17, 15) is 9.59 Å². The van der Waals surface area contributed by atoms with E-state index >= 15 is 0 Å². The van der Waals surface area contributed by atoms with Gasteiger partial charge in [-0.25, -0.2) is 0 Å². The van der Waals surface area contributed by atoms with E-state index in [-0.39, 0.29) is 11.8 Å². The molecule has 0 atom stereocenters. The van der Waals surface area contributed by atoms with Crippen LogP contribution in [0.2, 0.25) is 0 Å². The Bertz CT molecular complexity index is 834. The topological polar surface area (TPSA) is 52.7 Å². The summed E-state index contributed by atoms with van der Waals surface area (Å²) in [7, 11) is 0. The average Bonchev–Trinajstić information content (AvgIpc) is 2.94. The number of benzene rings is 2. The molecule has 0 spiro atoms. The molecule has 134 valence electrons. The number of hydrogen-bond donors (Lipinski definition) is 1. The lowest BCUT2D eigenvalue weighted by Crippen LogP contribution is -2.34. The molecule has 2 aromatic carbocycles. The predicted molar refractivity (Wildman–Crippen MR) is 101 cm³/mol. The van der Waals surface area contributed by atoms with Crippen molar-refractivity contribution < 1.29 is 9.59 Å². The Kier molecular flexibility index (Phi) is 4.71. The zero-order valence-corrected chi connectivity index (χ0v) is 14.8. The monoisotopic (exact) mass is 349 g/mol. The number of rotatable bonds is 3. The van der Waals surface area contributed by atoms with Gasteiger partial charge in [0.25, 0.3) is 5.91 Å². The molecule has 1 fully saturated rings. The standard InChI is InChI=1S/C21H23N3O2/c25-20-9-4-11-23(20)15-16-5-3-7-17(13-16)21(26)24-12-10-22-14-18-6-1-2-8-19(18)24/h1-3,5-8,13,22H,4,9-12,14-15H2. The summed E-state index contributed by atoms with van der Waals surface area (Å²) in [4.78, 5) is 28.8. The van der Waals surface area contributed by atoms with Gasteiger partial charge in [0, 0.05) is 50.4 Å². The molecule has 0 bridgehead atoms. The first kappa shape index (κ1) is 16.8. The van der Waals surface area contributed by atoms with Crippen molar-refractivity contribution in [3.8, 4) is 0 Å². The first-order chi connectivity index (χ1) is 12.7. The minimum absolute atomic E-state index is 0.00995. The Morgan fingerprint density at radius 3 is 2.81 bits per heavy atom. The largest absolute Gasteiger partial charge is 0.338 e. The van der Waals surface area contributed by atoms with Crippen LogP contribution in [-0.4, -0.2) is 36.3 Å². The van der Waals surface area contributed by atoms with Gasteiger partial charge < -0.3 is 15.1 Å². The normalized spacial score (nSPS) is 17.2. The highest BCUT2D eigenvalue weighted by atomic mass is 16.2. The van der Waals surface area contributed by atoms with Gasteiger partial charge in [-0.15, -0.1) is 0 Å². The quantitative estimate of drug-likeness (QED) is 0.927. The lowest BCUT2D eigenvalue weighted by atomic mass is 10.1. The maximum absolute atomic E-state index is 13.2. The molecule has 0 saturated carbocycles. The van der Waals surface area contributed by atoms with Crippen LogP contribution >= 0.6 is 0 Å². The van der Waals surface area contributed by atoms with Gasteiger partial charge in [-0.2, -0.15) is 0 Å². The van der Waals surface area contributed by atoms with E-state index in [1.165, 1.54) is 0 Å². The number of hydrogen-bond acceptors (Lipinski definition) is 3. The number of amides is 2. The van der Waals surface area contributed by atoms with Crippen molar-refractivity contribution in [2.75, 3.05) is 24.5 Å². The fraction of sp³-hybridized carbons (Fsp3) is 0.333. The minimum Gasteiger partial charge on any atom is -0.338 e. The zero-order valence-electron chi connectivity index (χ0n) is 14.8. The van der Waals surface area contributed by atoms with E-state index in [1.54, 1.807) is 0 Å². The maximum Gasteiger partial charge on any atom is 0.258 e. The van der Waals surface area contributed by atoms with Crippen LogP contribution in [0.3, 0.4) is 0 Å². The fourth-order valence-electron chi connectivity index (χ4n) is 3.72. The lowest BCUT2D eigenvalue weighted by molar-refractivity contribution is -0.128. The van der Waals surface area contributed by atoms with Crippen molar-refractivity contribution in [1.82, 2.24) is 10.2 Å². The summed E-state index contributed by atoms with van der Waals surface area (Å²) in [5.74, 6) is 0.213. The third-order valence-corrected chi connectivity index (χ3v) is 5.07. The van der Waals surface area contributed by atoms with Crippen LogP contribution in [0, 0.1) is 0 Å². The first-order valence-corrected chi connectivity index (χ1v) is 9.19. The van der Waals surface area contributed by atoms with Crippen molar-refractivity contribution in [3.05, 3.63) is 65.2 Å². The van der Waals surface area contributed by atoms with Crippen LogP contribution in [0.15, 0.2) is 48.5 Å². The molecule has 1 N–H and O–H groups in total. The van der Waals surface area contributed by atoms with Crippen molar-refractivity contribution in [3.63, 3.8) is 0 Å². The average molecular weight is 349 g/mol. The van der Waals surface area contributed by atoms with E-state index in [0.29, 0.717) is 25.1 Å². The zero-order chi connectivity index (χ0) is 17.9. The summed E-state index contributed by atoms with van der Waals surface area (Å²) >= 11 is 0. The number of anilines is 1. The van der Waals surface area contributed by atoms with Gasteiger partial charge in [0.05, 0.1) is 0 Å². The van der Waals surface area contributed by atoms with E-state index < -0.39 is 0 Å². The molecule has 2 aliphatic rings. The number of likely N-dealkylation sites (tertiary alicyclic amines) is 1. The number of fused-ring (bicyclic) bond motifs is 1. The molecule has 0 radical (unpaired) electrons. The number of carbonyl (C=O) groups is 2. The van der Waals surface area contributed by atoms with Crippen LogP contribution in [0.25, 0.3) is 0 Å². The van der Waals surface area contributed by atoms with Gasteiger partial charge in [0.15, 0.2) is 0 Å². The molecule has 2 heterocycles. The van der Waals surface area contributed by atoms with Crippen LogP contribution in [-0.2, 0) is 17.9 Å². The van der Waals surface area contributed by atoms with Gasteiger partial charge in [0.2, 0.25) is 5.91 Å². The van der Waals surface area contributed by atoms with E-state index in [1.807, 2.05) is 52.3 Å². The first-order valence-electron chi connectivity index (χ1n) is 9.19. The Morgan fingerprint density at radius 2 is 1.96 bits per heavy atom. The van der Waals surface area contributed by atoms with Crippen LogP contribution in [0.4, 0.5) is 5.69 Å². The molecule has 0 aromatic heterocycles. The molecule has 5 nitrogen and oxygen atoms in total. The van der Waals surface area contributed by atoms with Crippen LogP contribution in [0.5, 0.6) is 0 Å².